The maximum absolute atomic E-state index is 11.3. The van der Waals surface area contributed by atoms with E-state index in [0.717, 1.165) is 28.8 Å². The molecule has 3 aromatic rings. The maximum Gasteiger partial charge on any atom is 0.354 e. The van der Waals surface area contributed by atoms with Gasteiger partial charge in [0.1, 0.15) is 11.5 Å². The van der Waals surface area contributed by atoms with E-state index in [-0.39, 0.29) is 5.69 Å². The number of imidazole rings is 1. The van der Waals surface area contributed by atoms with Gasteiger partial charge >= 0.3 is 5.97 Å². The quantitative estimate of drug-likeness (QED) is 0.804. The molecule has 0 bridgehead atoms. The second-order valence-electron chi connectivity index (χ2n) is 5.36. The molecule has 2 heterocycles. The second kappa shape index (κ2) is 5.29. The summed E-state index contributed by atoms with van der Waals surface area (Å²) in [7, 11) is 1.98. The third-order valence-corrected chi connectivity index (χ3v) is 3.83. The number of benzene rings is 1. The average molecular weight is 298 g/mol. The molecule has 0 aliphatic carbocycles. The van der Waals surface area contributed by atoms with E-state index in [1.807, 2.05) is 43.7 Å². The SMILES string of the molecule is CCCn1nc(-c2ccc3c(c2)nc(C)n3C)cc1C(=O)O. The summed E-state index contributed by atoms with van der Waals surface area (Å²) in [4.78, 5) is 15.8. The smallest absolute Gasteiger partial charge is 0.354 e. The number of aromatic carboxylic acids is 1. The van der Waals surface area contributed by atoms with Crippen molar-refractivity contribution in [2.45, 2.75) is 26.8 Å². The molecule has 0 aliphatic heterocycles. The van der Waals surface area contributed by atoms with E-state index in [1.54, 1.807) is 10.7 Å². The van der Waals surface area contributed by atoms with Crippen LogP contribution in [0.3, 0.4) is 0 Å². The molecule has 0 unspecified atom stereocenters. The van der Waals surface area contributed by atoms with Crippen molar-refractivity contribution in [2.75, 3.05) is 0 Å². The average Bonchev–Trinajstić information content (AvgIpc) is 3.02. The van der Waals surface area contributed by atoms with Crippen LogP contribution < -0.4 is 0 Å². The first kappa shape index (κ1) is 14.3. The van der Waals surface area contributed by atoms with E-state index in [0.29, 0.717) is 12.2 Å². The lowest BCUT2D eigenvalue weighted by molar-refractivity contribution is 0.0683. The predicted octanol–water partition coefficient (Wildman–Crippen LogP) is 2.85. The lowest BCUT2D eigenvalue weighted by atomic mass is 10.1. The normalized spacial score (nSPS) is 11.2. The molecule has 0 spiro atoms. The molecule has 0 aliphatic rings. The Bertz CT molecular complexity index is 861. The summed E-state index contributed by atoms with van der Waals surface area (Å²) >= 11 is 0. The first-order valence-electron chi connectivity index (χ1n) is 7.26. The number of carbonyl (C=O) groups is 1. The van der Waals surface area contributed by atoms with E-state index in [1.165, 1.54) is 0 Å². The summed E-state index contributed by atoms with van der Waals surface area (Å²) in [6.07, 6.45) is 0.833. The molecule has 0 amide bonds. The van der Waals surface area contributed by atoms with Gasteiger partial charge < -0.3 is 9.67 Å². The second-order valence-corrected chi connectivity index (χ2v) is 5.36. The van der Waals surface area contributed by atoms with Crippen molar-refractivity contribution < 1.29 is 9.90 Å². The lowest BCUT2D eigenvalue weighted by Crippen LogP contribution is -2.09. The van der Waals surface area contributed by atoms with Gasteiger partial charge in [-0.15, -0.1) is 0 Å². The third-order valence-electron chi connectivity index (χ3n) is 3.83. The van der Waals surface area contributed by atoms with Crippen molar-refractivity contribution in [1.82, 2.24) is 19.3 Å². The Hall–Kier alpha value is -2.63. The van der Waals surface area contributed by atoms with E-state index < -0.39 is 5.97 Å². The minimum absolute atomic E-state index is 0.217. The Kier molecular flexibility index (Phi) is 3.44. The van der Waals surface area contributed by atoms with Gasteiger partial charge in [0.05, 0.1) is 16.7 Å². The van der Waals surface area contributed by atoms with E-state index >= 15 is 0 Å². The summed E-state index contributed by atoms with van der Waals surface area (Å²) in [5, 5.41) is 13.7. The molecule has 0 saturated heterocycles. The third kappa shape index (κ3) is 2.26. The number of fused-ring (bicyclic) bond motifs is 1. The number of hydrogen-bond donors (Lipinski definition) is 1. The molecule has 0 saturated carbocycles. The summed E-state index contributed by atoms with van der Waals surface area (Å²) in [5.74, 6) is -0.0168. The molecular weight excluding hydrogens is 280 g/mol. The van der Waals surface area contributed by atoms with Gasteiger partial charge in [-0.2, -0.15) is 5.10 Å². The standard InChI is InChI=1S/C16H18N4O2/c1-4-7-20-15(16(21)22)9-12(18-20)11-5-6-14-13(8-11)17-10(2)19(14)3/h5-6,8-9H,4,7H2,1-3H3,(H,21,22). The number of carboxylic acids is 1. The summed E-state index contributed by atoms with van der Waals surface area (Å²) in [5.41, 5.74) is 3.69. The fourth-order valence-electron chi connectivity index (χ4n) is 2.59. The summed E-state index contributed by atoms with van der Waals surface area (Å²) in [6.45, 7) is 4.54. The van der Waals surface area contributed by atoms with Gasteiger partial charge in [-0.1, -0.05) is 13.0 Å². The highest BCUT2D eigenvalue weighted by atomic mass is 16.4. The van der Waals surface area contributed by atoms with Crippen LogP contribution in [0.4, 0.5) is 0 Å². The molecule has 0 fully saturated rings. The monoisotopic (exact) mass is 298 g/mol. The molecule has 2 aromatic heterocycles. The Morgan fingerprint density at radius 2 is 2.09 bits per heavy atom. The van der Waals surface area contributed by atoms with Crippen LogP contribution in [-0.4, -0.2) is 30.4 Å². The van der Waals surface area contributed by atoms with Crippen LogP contribution >= 0.6 is 0 Å². The topological polar surface area (TPSA) is 72.9 Å². The molecule has 1 aromatic carbocycles. The van der Waals surface area contributed by atoms with Crippen LogP contribution in [0.25, 0.3) is 22.3 Å². The number of hydrogen-bond acceptors (Lipinski definition) is 3. The van der Waals surface area contributed by atoms with Crippen LogP contribution in [0.2, 0.25) is 0 Å². The Balaban J connectivity index is 2.10. The maximum atomic E-state index is 11.3. The molecule has 1 N–H and O–H groups in total. The van der Waals surface area contributed by atoms with E-state index in [2.05, 4.69) is 10.1 Å². The number of carboxylic acid groups (broad SMARTS) is 1. The van der Waals surface area contributed by atoms with E-state index in [4.69, 9.17) is 0 Å². The van der Waals surface area contributed by atoms with Crippen molar-refractivity contribution in [3.63, 3.8) is 0 Å². The van der Waals surface area contributed by atoms with Gasteiger partial charge in [0.25, 0.3) is 0 Å². The number of aryl methyl sites for hydroxylation is 3. The molecule has 0 radical (unpaired) electrons. The predicted molar refractivity (Wildman–Crippen MR) is 83.9 cm³/mol. The Morgan fingerprint density at radius 3 is 2.77 bits per heavy atom. The van der Waals surface area contributed by atoms with Gasteiger partial charge in [0, 0.05) is 19.2 Å². The van der Waals surface area contributed by atoms with Gasteiger partial charge in [-0.3, -0.25) is 4.68 Å². The van der Waals surface area contributed by atoms with Crippen LogP contribution in [0.5, 0.6) is 0 Å². The fraction of sp³-hybridized carbons (Fsp3) is 0.312. The van der Waals surface area contributed by atoms with Crippen molar-refractivity contribution >= 4 is 17.0 Å². The van der Waals surface area contributed by atoms with Crippen molar-refractivity contribution in [3.05, 3.63) is 35.8 Å². The largest absolute Gasteiger partial charge is 0.477 e. The number of nitrogens with zero attached hydrogens (tertiary/aromatic N) is 4. The van der Waals surface area contributed by atoms with Crippen molar-refractivity contribution in [3.8, 4) is 11.3 Å². The zero-order valence-electron chi connectivity index (χ0n) is 12.9. The van der Waals surface area contributed by atoms with Crippen LogP contribution in [-0.2, 0) is 13.6 Å². The minimum atomic E-state index is -0.957. The van der Waals surface area contributed by atoms with Gasteiger partial charge in [0.2, 0.25) is 0 Å². The zero-order valence-corrected chi connectivity index (χ0v) is 12.9. The van der Waals surface area contributed by atoms with Crippen LogP contribution in [0.1, 0.15) is 29.7 Å². The number of aromatic nitrogens is 4. The first-order chi connectivity index (χ1) is 10.5. The highest BCUT2D eigenvalue weighted by Gasteiger charge is 2.15. The van der Waals surface area contributed by atoms with E-state index in [9.17, 15) is 9.90 Å². The highest BCUT2D eigenvalue weighted by molar-refractivity contribution is 5.88. The Labute approximate surface area is 128 Å². The Morgan fingerprint density at radius 1 is 1.32 bits per heavy atom. The molecule has 6 heteroatoms. The molecule has 3 rings (SSSR count). The molecule has 0 atom stereocenters. The zero-order chi connectivity index (χ0) is 15.9. The van der Waals surface area contributed by atoms with Crippen LogP contribution in [0, 0.1) is 6.92 Å². The molecule has 6 nitrogen and oxygen atoms in total. The van der Waals surface area contributed by atoms with Crippen molar-refractivity contribution in [1.29, 1.82) is 0 Å². The fourth-order valence-corrected chi connectivity index (χ4v) is 2.59. The molecule has 22 heavy (non-hydrogen) atoms. The van der Waals surface area contributed by atoms with Crippen LogP contribution in [0.15, 0.2) is 24.3 Å². The molecule has 114 valence electrons. The number of rotatable bonds is 4. The van der Waals surface area contributed by atoms with Gasteiger partial charge in [-0.05, 0) is 31.5 Å². The van der Waals surface area contributed by atoms with Gasteiger partial charge in [-0.25, -0.2) is 9.78 Å². The summed E-state index contributed by atoms with van der Waals surface area (Å²) < 4.78 is 3.57. The highest BCUT2D eigenvalue weighted by Crippen LogP contribution is 2.24. The molecular formula is C16H18N4O2. The minimum Gasteiger partial charge on any atom is -0.477 e. The van der Waals surface area contributed by atoms with Crippen molar-refractivity contribution in [2.24, 2.45) is 7.05 Å². The lowest BCUT2D eigenvalue weighted by Gasteiger charge is -2.01. The van der Waals surface area contributed by atoms with Gasteiger partial charge in [0.15, 0.2) is 0 Å². The summed E-state index contributed by atoms with van der Waals surface area (Å²) in [6, 6.07) is 7.51. The first-order valence-corrected chi connectivity index (χ1v) is 7.26.